The van der Waals surface area contributed by atoms with Crippen LogP contribution in [0.1, 0.15) is 22.6 Å². The average molecular weight is 381 g/mol. The summed E-state index contributed by atoms with van der Waals surface area (Å²) in [5.74, 6) is 4.20. The predicted molar refractivity (Wildman–Crippen MR) is 106 cm³/mol. The molecule has 2 aromatic heterocycles. The Balaban J connectivity index is 1.60. The van der Waals surface area contributed by atoms with Crippen LogP contribution in [0.2, 0.25) is 0 Å². The molecule has 4 rings (SSSR count). The summed E-state index contributed by atoms with van der Waals surface area (Å²) in [5, 5.41) is 7.05. The van der Waals surface area contributed by atoms with Crippen LogP contribution in [0.25, 0.3) is 0 Å². The molecule has 8 nitrogen and oxygen atoms in total. The topological polar surface area (TPSA) is 85.5 Å². The fourth-order valence-electron chi connectivity index (χ4n) is 3.39. The molecule has 0 atom stereocenters. The van der Waals surface area contributed by atoms with Gasteiger partial charge in [-0.2, -0.15) is 4.98 Å². The van der Waals surface area contributed by atoms with Gasteiger partial charge in [0.15, 0.2) is 17.3 Å². The second-order valence-electron chi connectivity index (χ2n) is 6.79. The number of methoxy groups -OCH3 is 2. The highest BCUT2D eigenvalue weighted by Crippen LogP contribution is 2.34. The van der Waals surface area contributed by atoms with E-state index in [2.05, 4.69) is 31.4 Å². The van der Waals surface area contributed by atoms with Gasteiger partial charge in [0.1, 0.15) is 11.6 Å². The molecule has 8 heteroatoms. The third-order valence-electron chi connectivity index (χ3n) is 4.75. The molecule has 0 radical (unpaired) electrons. The molecule has 1 aliphatic rings. The molecule has 0 saturated carbocycles. The summed E-state index contributed by atoms with van der Waals surface area (Å²) >= 11 is 0. The zero-order valence-electron chi connectivity index (χ0n) is 16.4. The molecule has 3 heterocycles. The van der Waals surface area contributed by atoms with Crippen LogP contribution in [-0.2, 0) is 13.0 Å². The van der Waals surface area contributed by atoms with Crippen molar-refractivity contribution in [3.63, 3.8) is 0 Å². The van der Waals surface area contributed by atoms with E-state index in [0.29, 0.717) is 11.8 Å². The minimum atomic E-state index is 0.501. The first-order valence-corrected chi connectivity index (χ1v) is 9.10. The van der Waals surface area contributed by atoms with E-state index in [4.69, 9.17) is 14.0 Å². The molecule has 1 N–H and O–H groups in total. The van der Waals surface area contributed by atoms with Crippen molar-refractivity contribution >= 4 is 17.6 Å². The van der Waals surface area contributed by atoms with E-state index in [1.54, 1.807) is 14.2 Å². The lowest BCUT2D eigenvalue weighted by Crippen LogP contribution is -2.31. The standard InChI is InChI=1S/C20H23N5O3/c1-12-7-19(23-20(21-12)22-18-8-13(2)28-24-18)25-6-5-14-9-16(26-3)17(27-4)10-15(14)11-25/h7-10H,5-6,11H2,1-4H3,(H,21,22,23,24). The summed E-state index contributed by atoms with van der Waals surface area (Å²) < 4.78 is 16.0. The van der Waals surface area contributed by atoms with Gasteiger partial charge in [0.05, 0.1) is 14.2 Å². The van der Waals surface area contributed by atoms with Crippen LogP contribution in [0, 0.1) is 13.8 Å². The molecule has 0 unspecified atom stereocenters. The van der Waals surface area contributed by atoms with Crippen LogP contribution >= 0.6 is 0 Å². The zero-order chi connectivity index (χ0) is 19.7. The molecule has 1 aromatic carbocycles. The van der Waals surface area contributed by atoms with Gasteiger partial charge in [-0.1, -0.05) is 5.16 Å². The van der Waals surface area contributed by atoms with Gasteiger partial charge in [-0.25, -0.2) is 4.98 Å². The number of aryl methyl sites for hydroxylation is 2. The van der Waals surface area contributed by atoms with Gasteiger partial charge in [-0.05, 0) is 43.5 Å². The van der Waals surface area contributed by atoms with Gasteiger partial charge in [0.25, 0.3) is 0 Å². The normalized spacial score (nSPS) is 13.2. The van der Waals surface area contributed by atoms with Crippen LogP contribution in [0.3, 0.4) is 0 Å². The van der Waals surface area contributed by atoms with E-state index >= 15 is 0 Å². The molecular weight excluding hydrogens is 358 g/mol. The smallest absolute Gasteiger partial charge is 0.230 e. The van der Waals surface area contributed by atoms with Crippen molar-refractivity contribution in [1.29, 1.82) is 0 Å². The summed E-state index contributed by atoms with van der Waals surface area (Å²) in [4.78, 5) is 11.4. The Morgan fingerprint density at radius 2 is 1.75 bits per heavy atom. The molecule has 0 fully saturated rings. The highest BCUT2D eigenvalue weighted by Gasteiger charge is 2.21. The number of nitrogens with one attached hydrogen (secondary N) is 1. The first kappa shape index (κ1) is 18.1. The number of hydrogen-bond acceptors (Lipinski definition) is 8. The number of anilines is 3. The van der Waals surface area contributed by atoms with Crippen molar-refractivity contribution < 1.29 is 14.0 Å². The second kappa shape index (κ2) is 7.38. The lowest BCUT2D eigenvalue weighted by molar-refractivity contribution is 0.353. The van der Waals surface area contributed by atoms with E-state index in [0.717, 1.165) is 48.3 Å². The van der Waals surface area contributed by atoms with E-state index in [1.165, 1.54) is 11.1 Å². The summed E-state index contributed by atoms with van der Waals surface area (Å²) in [5.41, 5.74) is 3.36. The van der Waals surface area contributed by atoms with E-state index in [1.807, 2.05) is 32.0 Å². The van der Waals surface area contributed by atoms with Crippen molar-refractivity contribution in [2.45, 2.75) is 26.8 Å². The predicted octanol–water partition coefficient (Wildman–Crippen LogP) is 3.40. The van der Waals surface area contributed by atoms with Crippen LogP contribution < -0.4 is 19.7 Å². The quantitative estimate of drug-likeness (QED) is 0.720. The maximum absolute atomic E-state index is 5.45. The summed E-state index contributed by atoms with van der Waals surface area (Å²) in [7, 11) is 3.32. The summed E-state index contributed by atoms with van der Waals surface area (Å²) in [6, 6.07) is 7.91. The molecular formula is C20H23N5O3. The first-order valence-electron chi connectivity index (χ1n) is 9.10. The van der Waals surface area contributed by atoms with E-state index in [9.17, 15) is 0 Å². The molecule has 0 spiro atoms. The maximum atomic E-state index is 5.45. The van der Waals surface area contributed by atoms with Gasteiger partial charge < -0.3 is 24.2 Å². The van der Waals surface area contributed by atoms with Crippen LogP contribution in [0.4, 0.5) is 17.6 Å². The van der Waals surface area contributed by atoms with Crippen molar-refractivity contribution in [1.82, 2.24) is 15.1 Å². The van der Waals surface area contributed by atoms with Gasteiger partial charge in [-0.15, -0.1) is 0 Å². The van der Waals surface area contributed by atoms with E-state index in [-0.39, 0.29) is 0 Å². The van der Waals surface area contributed by atoms with Gasteiger partial charge in [0, 0.05) is 30.9 Å². The Kier molecular flexibility index (Phi) is 4.77. The number of fused-ring (bicyclic) bond motifs is 1. The minimum Gasteiger partial charge on any atom is -0.493 e. The third kappa shape index (κ3) is 3.58. The first-order chi connectivity index (χ1) is 13.6. The summed E-state index contributed by atoms with van der Waals surface area (Å²) in [6.45, 7) is 5.40. The Labute approximate surface area is 163 Å². The fraction of sp³-hybridized carbons (Fsp3) is 0.350. The lowest BCUT2D eigenvalue weighted by Gasteiger charge is -2.30. The highest BCUT2D eigenvalue weighted by molar-refractivity contribution is 5.55. The van der Waals surface area contributed by atoms with Crippen LogP contribution in [0.5, 0.6) is 11.5 Å². The molecule has 28 heavy (non-hydrogen) atoms. The largest absolute Gasteiger partial charge is 0.493 e. The Bertz CT molecular complexity index is 1000. The fourth-order valence-corrected chi connectivity index (χ4v) is 3.39. The molecule has 0 aliphatic carbocycles. The van der Waals surface area contributed by atoms with Gasteiger partial charge in [-0.3, -0.25) is 0 Å². The van der Waals surface area contributed by atoms with Gasteiger partial charge in [0.2, 0.25) is 5.95 Å². The number of benzene rings is 1. The Morgan fingerprint density at radius 3 is 2.43 bits per heavy atom. The van der Waals surface area contributed by atoms with Gasteiger partial charge >= 0.3 is 0 Å². The molecule has 0 bridgehead atoms. The highest BCUT2D eigenvalue weighted by atomic mass is 16.5. The second-order valence-corrected chi connectivity index (χ2v) is 6.79. The third-order valence-corrected chi connectivity index (χ3v) is 4.75. The molecule has 3 aromatic rings. The van der Waals surface area contributed by atoms with Crippen molar-refractivity contribution in [2.24, 2.45) is 0 Å². The minimum absolute atomic E-state index is 0.501. The molecule has 1 aliphatic heterocycles. The average Bonchev–Trinajstić information content (AvgIpc) is 3.10. The maximum Gasteiger partial charge on any atom is 0.230 e. The number of rotatable bonds is 5. The van der Waals surface area contributed by atoms with Crippen molar-refractivity contribution in [3.8, 4) is 11.5 Å². The van der Waals surface area contributed by atoms with Crippen molar-refractivity contribution in [3.05, 3.63) is 46.8 Å². The van der Waals surface area contributed by atoms with Crippen molar-refractivity contribution in [2.75, 3.05) is 31.0 Å². The zero-order valence-corrected chi connectivity index (χ0v) is 16.4. The van der Waals surface area contributed by atoms with Crippen LogP contribution in [0.15, 0.2) is 28.8 Å². The molecule has 146 valence electrons. The Hall–Kier alpha value is -3.29. The SMILES string of the molecule is COc1cc2c(cc1OC)CN(c1cc(C)nc(Nc3cc(C)on3)n1)CC2. The monoisotopic (exact) mass is 381 g/mol. The van der Waals surface area contributed by atoms with E-state index < -0.39 is 0 Å². The van der Waals surface area contributed by atoms with Crippen LogP contribution in [-0.4, -0.2) is 35.9 Å². The number of nitrogens with zero attached hydrogens (tertiary/aromatic N) is 4. The molecule has 0 saturated heterocycles. The number of ether oxygens (including phenoxy) is 2. The lowest BCUT2D eigenvalue weighted by atomic mass is 9.99. The summed E-state index contributed by atoms with van der Waals surface area (Å²) in [6.07, 6.45) is 0.907. The molecule has 0 amide bonds. The number of hydrogen-bond donors (Lipinski definition) is 1. The number of aromatic nitrogens is 3. The Morgan fingerprint density at radius 1 is 1.00 bits per heavy atom.